The molecule has 0 heterocycles. The number of anilines is 2. The Morgan fingerprint density at radius 1 is 0.871 bits per heavy atom. The van der Waals surface area contributed by atoms with Gasteiger partial charge in [-0.3, -0.25) is 9.52 Å². The lowest BCUT2D eigenvalue weighted by atomic mass is 10.0. The average molecular weight is 447 g/mol. The minimum absolute atomic E-state index is 0.125. The van der Waals surface area contributed by atoms with E-state index in [1.807, 2.05) is 6.92 Å². The molecule has 2 rings (SSSR count). The third kappa shape index (κ3) is 7.93. The summed E-state index contributed by atoms with van der Waals surface area (Å²) >= 11 is 0. The first-order valence-electron chi connectivity index (χ1n) is 10.2. The lowest BCUT2D eigenvalue weighted by Gasteiger charge is -2.14. The summed E-state index contributed by atoms with van der Waals surface area (Å²) in [5, 5.41) is 7.90. The number of carbonyl (C=O) groups is 2. The van der Waals surface area contributed by atoms with Crippen LogP contribution in [0.2, 0.25) is 0 Å². The number of benzene rings is 2. The molecular weight excluding hydrogens is 416 g/mol. The Kier molecular flexibility index (Phi) is 8.87. The van der Waals surface area contributed by atoms with E-state index in [1.54, 1.807) is 48.5 Å². The Balaban J connectivity index is 1.83. The van der Waals surface area contributed by atoms with E-state index in [2.05, 4.69) is 34.5 Å². The summed E-state index contributed by atoms with van der Waals surface area (Å²) in [7, 11) is -3.69. The molecule has 2 aromatic carbocycles. The van der Waals surface area contributed by atoms with Crippen molar-refractivity contribution in [2.75, 3.05) is 23.1 Å². The van der Waals surface area contributed by atoms with Crippen molar-refractivity contribution in [1.82, 2.24) is 10.6 Å². The number of rotatable bonds is 10. The molecule has 0 aromatic heterocycles. The molecule has 0 atom stereocenters. The van der Waals surface area contributed by atoms with Crippen molar-refractivity contribution in [3.8, 4) is 0 Å². The van der Waals surface area contributed by atoms with Crippen LogP contribution in [0.5, 0.6) is 0 Å². The highest BCUT2D eigenvalue weighted by Crippen LogP contribution is 2.18. The molecule has 0 saturated heterocycles. The molecule has 0 fully saturated rings. The molecule has 0 spiro atoms. The van der Waals surface area contributed by atoms with Gasteiger partial charge in [-0.2, -0.15) is 0 Å². The molecule has 4 N–H and O–H groups in total. The van der Waals surface area contributed by atoms with Gasteiger partial charge in [0.2, 0.25) is 5.91 Å². The van der Waals surface area contributed by atoms with Crippen molar-refractivity contribution in [3.05, 3.63) is 54.1 Å². The first kappa shape index (κ1) is 24.2. The number of hydrogen-bond acceptors (Lipinski definition) is 4. The van der Waals surface area contributed by atoms with Crippen LogP contribution in [-0.4, -0.2) is 33.4 Å². The number of hydrogen-bond donors (Lipinski definition) is 4. The molecule has 2 aromatic rings. The van der Waals surface area contributed by atoms with Gasteiger partial charge in [0.25, 0.3) is 10.0 Å². The van der Waals surface area contributed by atoms with Gasteiger partial charge in [0.15, 0.2) is 0 Å². The van der Waals surface area contributed by atoms with Gasteiger partial charge in [0, 0.05) is 17.9 Å². The number of amides is 3. The minimum Gasteiger partial charge on any atom is -0.354 e. The molecule has 0 bridgehead atoms. The third-order valence-electron chi connectivity index (χ3n) is 4.88. The van der Waals surface area contributed by atoms with Gasteiger partial charge >= 0.3 is 6.03 Å². The van der Waals surface area contributed by atoms with Gasteiger partial charge in [-0.25, -0.2) is 13.2 Å². The van der Waals surface area contributed by atoms with Crippen LogP contribution < -0.4 is 20.7 Å². The van der Waals surface area contributed by atoms with Crippen LogP contribution in [-0.2, 0) is 14.8 Å². The van der Waals surface area contributed by atoms with E-state index in [1.165, 1.54) is 0 Å². The average Bonchev–Trinajstić information content (AvgIpc) is 2.74. The summed E-state index contributed by atoms with van der Waals surface area (Å²) in [6, 6.07) is 12.2. The smallest absolute Gasteiger partial charge is 0.319 e. The van der Waals surface area contributed by atoms with Crippen LogP contribution in [0.4, 0.5) is 16.2 Å². The quantitative estimate of drug-likeness (QED) is 0.447. The molecule has 0 aliphatic carbocycles. The van der Waals surface area contributed by atoms with Crippen LogP contribution in [0.1, 0.15) is 32.3 Å². The van der Waals surface area contributed by atoms with E-state index in [4.69, 9.17) is 0 Å². The van der Waals surface area contributed by atoms with Gasteiger partial charge in [-0.1, -0.05) is 44.4 Å². The zero-order chi connectivity index (χ0) is 22.9. The Morgan fingerprint density at radius 2 is 1.45 bits per heavy atom. The van der Waals surface area contributed by atoms with E-state index in [9.17, 15) is 18.0 Å². The van der Waals surface area contributed by atoms with Crippen LogP contribution in [0.3, 0.4) is 0 Å². The molecular formula is C22H30N4O4S. The second-order valence-electron chi connectivity index (χ2n) is 7.29. The second-order valence-corrected chi connectivity index (χ2v) is 8.97. The summed E-state index contributed by atoms with van der Waals surface area (Å²) in [5.74, 6) is 0.183. The lowest BCUT2D eigenvalue weighted by molar-refractivity contribution is -0.120. The van der Waals surface area contributed by atoms with Gasteiger partial charge in [-0.15, -0.1) is 0 Å². The first-order chi connectivity index (χ1) is 14.7. The van der Waals surface area contributed by atoms with Crippen molar-refractivity contribution in [2.24, 2.45) is 5.92 Å². The van der Waals surface area contributed by atoms with Crippen molar-refractivity contribution in [1.29, 1.82) is 0 Å². The van der Waals surface area contributed by atoms with Gasteiger partial charge in [0.05, 0.1) is 11.4 Å². The molecule has 8 nitrogen and oxygen atoms in total. The lowest BCUT2D eigenvalue weighted by Crippen LogP contribution is -2.40. The van der Waals surface area contributed by atoms with Gasteiger partial charge in [0.1, 0.15) is 0 Å². The summed E-state index contributed by atoms with van der Waals surface area (Å²) in [5.41, 5.74) is 1.80. The van der Waals surface area contributed by atoms with E-state index in [-0.39, 0.29) is 17.3 Å². The molecule has 9 heteroatoms. The van der Waals surface area contributed by atoms with Crippen molar-refractivity contribution < 1.29 is 18.0 Å². The second kappa shape index (κ2) is 11.4. The van der Waals surface area contributed by atoms with E-state index >= 15 is 0 Å². The molecule has 0 radical (unpaired) electrons. The Bertz CT molecular complexity index is 970. The minimum atomic E-state index is -3.69. The summed E-state index contributed by atoms with van der Waals surface area (Å²) in [6.45, 7) is 6.50. The number of nitrogens with one attached hydrogen (secondary N) is 4. The SMILES string of the molecule is CCC(CC)CNC(=O)CNC(=O)Nc1ccc(NS(=O)(=O)c2ccc(C)cc2)cc1. The Morgan fingerprint density at radius 3 is 2.03 bits per heavy atom. The molecule has 3 amide bonds. The van der Waals surface area contributed by atoms with Crippen LogP contribution in [0, 0.1) is 12.8 Å². The van der Waals surface area contributed by atoms with E-state index < -0.39 is 16.1 Å². The maximum absolute atomic E-state index is 12.4. The molecule has 0 unspecified atom stereocenters. The number of aryl methyl sites for hydroxylation is 1. The van der Waals surface area contributed by atoms with Crippen LogP contribution in [0.25, 0.3) is 0 Å². The van der Waals surface area contributed by atoms with Crippen LogP contribution in [0.15, 0.2) is 53.4 Å². The maximum atomic E-state index is 12.4. The monoisotopic (exact) mass is 446 g/mol. The Hall–Kier alpha value is -3.07. The van der Waals surface area contributed by atoms with Crippen molar-refractivity contribution >= 4 is 33.3 Å². The standard InChI is InChI=1S/C22H30N4O4S/c1-4-17(5-2)14-23-21(27)15-24-22(28)25-18-8-10-19(11-9-18)26-31(29,30)20-12-6-16(3)7-13-20/h6-13,17,26H,4-5,14-15H2,1-3H3,(H,23,27)(H2,24,25,28). The molecule has 31 heavy (non-hydrogen) atoms. The van der Waals surface area contributed by atoms with E-state index in [0.29, 0.717) is 23.8 Å². The fourth-order valence-corrected chi connectivity index (χ4v) is 3.85. The van der Waals surface area contributed by atoms with E-state index in [0.717, 1.165) is 18.4 Å². The highest BCUT2D eigenvalue weighted by Gasteiger charge is 2.14. The summed E-state index contributed by atoms with van der Waals surface area (Å²) in [4.78, 5) is 24.0. The summed E-state index contributed by atoms with van der Waals surface area (Å²) < 4.78 is 27.4. The fourth-order valence-electron chi connectivity index (χ4n) is 2.79. The van der Waals surface area contributed by atoms with Gasteiger partial charge in [-0.05, 0) is 49.2 Å². The molecule has 0 aliphatic heterocycles. The normalized spacial score (nSPS) is 11.1. The highest BCUT2D eigenvalue weighted by molar-refractivity contribution is 7.92. The zero-order valence-electron chi connectivity index (χ0n) is 18.1. The Labute approximate surface area is 183 Å². The highest BCUT2D eigenvalue weighted by atomic mass is 32.2. The van der Waals surface area contributed by atoms with Crippen LogP contribution >= 0.6 is 0 Å². The molecule has 0 saturated carbocycles. The number of carbonyl (C=O) groups excluding carboxylic acids is 2. The first-order valence-corrected chi connectivity index (χ1v) is 11.7. The number of urea groups is 1. The molecule has 0 aliphatic rings. The topological polar surface area (TPSA) is 116 Å². The van der Waals surface area contributed by atoms with Crippen molar-refractivity contribution in [2.45, 2.75) is 38.5 Å². The van der Waals surface area contributed by atoms with Crippen molar-refractivity contribution in [3.63, 3.8) is 0 Å². The number of sulfonamides is 1. The van der Waals surface area contributed by atoms with Gasteiger partial charge < -0.3 is 16.0 Å². The zero-order valence-corrected chi connectivity index (χ0v) is 18.9. The predicted molar refractivity (Wildman–Crippen MR) is 123 cm³/mol. The largest absolute Gasteiger partial charge is 0.354 e. The third-order valence-corrected chi connectivity index (χ3v) is 6.28. The summed E-state index contributed by atoms with van der Waals surface area (Å²) in [6.07, 6.45) is 1.98. The maximum Gasteiger partial charge on any atom is 0.319 e. The predicted octanol–water partition coefficient (Wildman–Crippen LogP) is 3.47. The fraction of sp³-hybridized carbons (Fsp3) is 0.364. The molecule has 168 valence electrons.